The van der Waals surface area contributed by atoms with Crippen molar-refractivity contribution in [3.05, 3.63) is 120 Å². The maximum absolute atomic E-state index is 13.0. The molecule has 0 saturated carbocycles. The molecule has 50 heavy (non-hydrogen) atoms. The molecule has 0 saturated heterocycles. The number of nitrogens with zero attached hydrogens (tertiary/aromatic N) is 2. The van der Waals surface area contributed by atoms with Gasteiger partial charge in [-0.15, -0.1) is 0 Å². The molecule has 2 amide bonds. The molecule has 0 radical (unpaired) electrons. The summed E-state index contributed by atoms with van der Waals surface area (Å²) in [6.45, 7) is 0. The Morgan fingerprint density at radius 1 is 0.580 bits per heavy atom. The molecular weight excluding hydrogens is 689 g/mol. The molecule has 0 aliphatic heterocycles. The second kappa shape index (κ2) is 13.0. The number of fused-ring (bicyclic) bond motifs is 2. The zero-order valence-corrected chi connectivity index (χ0v) is 27.0. The minimum atomic E-state index is -4.90. The van der Waals surface area contributed by atoms with Crippen LogP contribution in [0.15, 0.2) is 107 Å². The number of rotatable bonds is 8. The monoisotopic (exact) mass is 712 g/mol. The van der Waals surface area contributed by atoms with Crippen molar-refractivity contribution in [3.8, 4) is 11.5 Å². The Labute approximate surface area is 283 Å². The highest BCUT2D eigenvalue weighted by Crippen LogP contribution is 2.31. The van der Waals surface area contributed by atoms with E-state index in [1.807, 2.05) is 0 Å². The average molecular weight is 713 g/mol. The lowest BCUT2D eigenvalue weighted by Gasteiger charge is -2.12. The SMILES string of the molecule is O=C(Nc1ccc(/C=C/c2ccc(NC(=O)c3ccc4cccnc4c3O)cc2S(=O)(=O)O)c(S(=O)(=O)O)c1)c1ccc2cccnc2c1O. The van der Waals surface area contributed by atoms with E-state index in [-0.39, 0.29) is 56.2 Å². The molecule has 6 rings (SSSR count). The van der Waals surface area contributed by atoms with Gasteiger partial charge in [0, 0.05) is 34.5 Å². The maximum Gasteiger partial charge on any atom is 0.295 e. The molecule has 4 aromatic carbocycles. The predicted molar refractivity (Wildman–Crippen MR) is 184 cm³/mol. The number of amides is 2. The molecule has 0 fully saturated rings. The second-order valence-electron chi connectivity index (χ2n) is 10.8. The molecule has 0 aliphatic rings. The number of carbonyl (C=O) groups excluding carboxylic acids is 2. The number of aromatic nitrogens is 2. The fraction of sp³-hybridized carbons (Fsp3) is 0. The first-order valence-electron chi connectivity index (χ1n) is 14.4. The first-order valence-corrected chi connectivity index (χ1v) is 17.3. The van der Waals surface area contributed by atoms with Crippen LogP contribution in [-0.2, 0) is 20.2 Å². The maximum atomic E-state index is 13.0. The predicted octanol–water partition coefficient (Wildman–Crippen LogP) is 5.36. The third-order valence-electron chi connectivity index (χ3n) is 7.53. The van der Waals surface area contributed by atoms with Crippen LogP contribution >= 0.6 is 0 Å². The molecule has 0 spiro atoms. The lowest BCUT2D eigenvalue weighted by atomic mass is 10.1. The Bertz CT molecular complexity index is 2440. The average Bonchev–Trinajstić information content (AvgIpc) is 3.07. The first kappa shape index (κ1) is 33.7. The zero-order chi connectivity index (χ0) is 35.8. The van der Waals surface area contributed by atoms with Crippen LogP contribution in [0.5, 0.6) is 11.5 Å². The Morgan fingerprint density at radius 3 is 1.36 bits per heavy atom. The van der Waals surface area contributed by atoms with E-state index in [1.54, 1.807) is 36.4 Å². The van der Waals surface area contributed by atoms with Crippen molar-refractivity contribution in [3.63, 3.8) is 0 Å². The highest BCUT2D eigenvalue weighted by atomic mass is 32.2. The standard InChI is InChI=1S/C34H24N4O10S2/c39-31-25(13-9-21-3-1-15-35-29(21)31)33(41)37-23-11-7-19(27(17-23)49(43,44)45)5-6-20-8-12-24(18-28(20)50(46,47)48)38-34(42)26-14-10-22-4-2-16-36-30(22)32(26)40/h1-18,39-40H,(H,37,41)(H,38,42)(H,43,44,45)(H,46,47,48)/b6-5+. The van der Waals surface area contributed by atoms with E-state index < -0.39 is 41.8 Å². The van der Waals surface area contributed by atoms with Crippen LogP contribution < -0.4 is 10.6 Å². The number of aromatic hydroxyl groups is 2. The van der Waals surface area contributed by atoms with Gasteiger partial charge < -0.3 is 20.8 Å². The lowest BCUT2D eigenvalue weighted by Crippen LogP contribution is -2.13. The van der Waals surface area contributed by atoms with Crippen LogP contribution in [0.2, 0.25) is 0 Å². The van der Waals surface area contributed by atoms with Gasteiger partial charge in [-0.1, -0.05) is 48.6 Å². The molecule has 0 bridgehead atoms. The van der Waals surface area contributed by atoms with Crippen LogP contribution in [0, 0.1) is 0 Å². The van der Waals surface area contributed by atoms with Gasteiger partial charge in [-0.25, -0.2) is 0 Å². The summed E-state index contributed by atoms with van der Waals surface area (Å²) in [5.41, 5.74) is -0.292. The quantitative estimate of drug-likeness (QED) is 0.0864. The van der Waals surface area contributed by atoms with Crippen molar-refractivity contribution in [1.29, 1.82) is 0 Å². The minimum absolute atomic E-state index is 0.0627. The van der Waals surface area contributed by atoms with E-state index in [4.69, 9.17) is 0 Å². The molecule has 0 atom stereocenters. The van der Waals surface area contributed by atoms with E-state index in [9.17, 15) is 45.7 Å². The van der Waals surface area contributed by atoms with Crippen molar-refractivity contribution in [2.24, 2.45) is 0 Å². The van der Waals surface area contributed by atoms with Crippen molar-refractivity contribution in [1.82, 2.24) is 9.97 Å². The van der Waals surface area contributed by atoms with Crippen LogP contribution in [0.25, 0.3) is 34.0 Å². The van der Waals surface area contributed by atoms with Gasteiger partial charge in [0.1, 0.15) is 20.8 Å². The van der Waals surface area contributed by atoms with Gasteiger partial charge in [0.2, 0.25) is 0 Å². The van der Waals surface area contributed by atoms with Gasteiger partial charge in [-0.3, -0.25) is 28.7 Å². The molecule has 6 aromatic rings. The van der Waals surface area contributed by atoms with Crippen molar-refractivity contribution in [2.45, 2.75) is 9.79 Å². The first-order chi connectivity index (χ1) is 23.7. The van der Waals surface area contributed by atoms with Gasteiger partial charge in [-0.2, -0.15) is 16.8 Å². The smallest absolute Gasteiger partial charge is 0.295 e. The zero-order valence-electron chi connectivity index (χ0n) is 25.3. The fourth-order valence-electron chi connectivity index (χ4n) is 5.15. The van der Waals surface area contributed by atoms with Gasteiger partial charge >= 0.3 is 0 Å². The summed E-state index contributed by atoms with van der Waals surface area (Å²) in [6.07, 6.45) is 5.19. The largest absolute Gasteiger partial charge is 0.505 e. The van der Waals surface area contributed by atoms with Gasteiger partial charge in [0.15, 0.2) is 11.5 Å². The number of carbonyl (C=O) groups is 2. The van der Waals surface area contributed by atoms with Gasteiger partial charge in [-0.05, 0) is 59.7 Å². The highest BCUT2D eigenvalue weighted by molar-refractivity contribution is 7.86. The number of hydrogen-bond acceptors (Lipinski definition) is 10. The van der Waals surface area contributed by atoms with Crippen molar-refractivity contribution >= 4 is 77.4 Å². The molecule has 0 aliphatic carbocycles. The summed E-state index contributed by atoms with van der Waals surface area (Å²) in [4.78, 5) is 32.7. The summed E-state index contributed by atoms with van der Waals surface area (Å²) in [5, 5.41) is 27.2. The number of pyridine rings is 2. The van der Waals surface area contributed by atoms with E-state index in [0.29, 0.717) is 10.8 Å². The topological polar surface area (TPSA) is 233 Å². The third-order valence-corrected chi connectivity index (χ3v) is 9.34. The summed E-state index contributed by atoms with van der Waals surface area (Å²) < 4.78 is 69.2. The molecular formula is C34H24N4O10S2. The number of phenolic OH excluding ortho intramolecular Hbond substituents is 2. The summed E-state index contributed by atoms with van der Waals surface area (Å²) in [5.74, 6) is -2.37. The number of hydrogen-bond donors (Lipinski definition) is 6. The Hall–Kier alpha value is -6.20. The molecule has 2 heterocycles. The van der Waals surface area contributed by atoms with Gasteiger partial charge in [0.25, 0.3) is 32.1 Å². The minimum Gasteiger partial charge on any atom is -0.505 e. The molecule has 6 N–H and O–H groups in total. The van der Waals surface area contributed by atoms with E-state index in [2.05, 4.69) is 20.6 Å². The Kier molecular flexibility index (Phi) is 8.77. The molecule has 252 valence electrons. The molecule has 2 aromatic heterocycles. The fourth-order valence-corrected chi connectivity index (χ4v) is 6.57. The van der Waals surface area contributed by atoms with Crippen LogP contribution in [0.4, 0.5) is 11.4 Å². The van der Waals surface area contributed by atoms with Crippen LogP contribution in [0.1, 0.15) is 31.8 Å². The second-order valence-corrected chi connectivity index (χ2v) is 13.6. The Morgan fingerprint density at radius 2 is 0.980 bits per heavy atom. The van der Waals surface area contributed by atoms with E-state index in [1.165, 1.54) is 48.8 Å². The Balaban J connectivity index is 1.27. The number of benzene rings is 4. The number of phenols is 2. The summed E-state index contributed by atoms with van der Waals surface area (Å²) in [6, 6.07) is 19.6. The van der Waals surface area contributed by atoms with Gasteiger partial charge in [0.05, 0.1) is 11.1 Å². The number of nitrogens with one attached hydrogen (secondary N) is 2. The summed E-state index contributed by atoms with van der Waals surface area (Å²) in [7, 11) is -9.80. The summed E-state index contributed by atoms with van der Waals surface area (Å²) >= 11 is 0. The normalized spacial score (nSPS) is 12.0. The van der Waals surface area contributed by atoms with Crippen molar-refractivity contribution < 1.29 is 45.7 Å². The molecule has 0 unspecified atom stereocenters. The van der Waals surface area contributed by atoms with Crippen molar-refractivity contribution in [2.75, 3.05) is 10.6 Å². The lowest BCUT2D eigenvalue weighted by molar-refractivity contribution is 0.101. The third kappa shape index (κ3) is 6.85. The van der Waals surface area contributed by atoms with Crippen LogP contribution in [-0.4, -0.2) is 57.9 Å². The highest BCUT2D eigenvalue weighted by Gasteiger charge is 2.21. The van der Waals surface area contributed by atoms with E-state index >= 15 is 0 Å². The molecule has 14 nitrogen and oxygen atoms in total. The van der Waals surface area contributed by atoms with E-state index in [0.717, 1.165) is 24.3 Å². The number of anilines is 2. The molecule has 16 heteroatoms. The van der Waals surface area contributed by atoms with Crippen LogP contribution in [0.3, 0.4) is 0 Å².